The number of benzene rings is 2. The fraction of sp³-hybridized carbons (Fsp3) is 0.238. The summed E-state index contributed by atoms with van der Waals surface area (Å²) in [5.41, 5.74) is 2.23. The molecule has 2 aromatic rings. The maximum atomic E-state index is 12.9. The summed E-state index contributed by atoms with van der Waals surface area (Å²) < 4.78 is 6.55. The fourth-order valence-electron chi connectivity index (χ4n) is 2.79. The first-order valence-electron chi connectivity index (χ1n) is 8.34. The Balaban J connectivity index is 2.11. The maximum Gasteiger partial charge on any atom is 0.339 e. The molecule has 0 radical (unpaired) electrons. The summed E-state index contributed by atoms with van der Waals surface area (Å²) in [5, 5.41) is 2.91. The number of carbonyl (C=O) groups is 2. The number of hydrogen-bond donors (Lipinski definition) is 1. The van der Waals surface area contributed by atoms with E-state index < -0.39 is 17.6 Å². The maximum absolute atomic E-state index is 12.9. The van der Waals surface area contributed by atoms with E-state index >= 15 is 0 Å². The SMILES string of the molecule is CC(C)(C)NC(=O)C1OC(=O)c2ccccc2C=C1c1ccc(Br)cc1. The predicted octanol–water partition coefficient (Wildman–Crippen LogP) is 4.44. The van der Waals surface area contributed by atoms with Crippen molar-refractivity contribution in [3.63, 3.8) is 0 Å². The van der Waals surface area contributed by atoms with Gasteiger partial charge in [-0.3, -0.25) is 4.79 Å². The number of ether oxygens (including phenoxy) is 1. The zero-order valence-electron chi connectivity index (χ0n) is 14.9. The normalized spacial score (nSPS) is 16.8. The highest BCUT2D eigenvalue weighted by Gasteiger charge is 2.33. The van der Waals surface area contributed by atoms with Crippen molar-refractivity contribution >= 4 is 39.5 Å². The number of halogens is 1. The lowest BCUT2D eigenvalue weighted by atomic mass is 9.96. The van der Waals surface area contributed by atoms with Gasteiger partial charge in [-0.15, -0.1) is 0 Å². The average molecular weight is 414 g/mol. The van der Waals surface area contributed by atoms with Crippen LogP contribution >= 0.6 is 15.9 Å². The van der Waals surface area contributed by atoms with Crippen LogP contribution in [0.25, 0.3) is 11.6 Å². The van der Waals surface area contributed by atoms with Crippen molar-refractivity contribution in [1.29, 1.82) is 0 Å². The van der Waals surface area contributed by atoms with E-state index in [1.807, 2.05) is 63.2 Å². The Morgan fingerprint density at radius 3 is 2.38 bits per heavy atom. The summed E-state index contributed by atoms with van der Waals surface area (Å²) in [6.45, 7) is 5.67. The van der Waals surface area contributed by atoms with E-state index in [9.17, 15) is 9.59 Å². The number of fused-ring (bicyclic) bond motifs is 1. The number of carbonyl (C=O) groups excluding carboxylic acids is 2. The van der Waals surface area contributed by atoms with Crippen molar-refractivity contribution in [1.82, 2.24) is 5.32 Å². The van der Waals surface area contributed by atoms with Gasteiger partial charge in [0, 0.05) is 15.6 Å². The quantitative estimate of drug-likeness (QED) is 0.740. The average Bonchev–Trinajstić information content (AvgIpc) is 2.71. The Bertz CT molecular complexity index is 879. The van der Waals surface area contributed by atoms with Gasteiger partial charge in [0.2, 0.25) is 6.10 Å². The third-order valence-electron chi connectivity index (χ3n) is 3.91. The van der Waals surface area contributed by atoms with Crippen LogP contribution in [0, 0.1) is 0 Å². The van der Waals surface area contributed by atoms with E-state index in [-0.39, 0.29) is 5.91 Å². The topological polar surface area (TPSA) is 55.4 Å². The van der Waals surface area contributed by atoms with Gasteiger partial charge in [0.25, 0.3) is 5.91 Å². The van der Waals surface area contributed by atoms with Crippen molar-refractivity contribution in [2.24, 2.45) is 0 Å². The van der Waals surface area contributed by atoms with E-state index in [1.165, 1.54) is 0 Å². The van der Waals surface area contributed by atoms with Crippen LogP contribution in [0.1, 0.15) is 42.3 Å². The van der Waals surface area contributed by atoms with E-state index in [1.54, 1.807) is 12.1 Å². The lowest BCUT2D eigenvalue weighted by Crippen LogP contribution is -2.47. The molecule has 1 heterocycles. The Morgan fingerprint density at radius 2 is 1.73 bits per heavy atom. The van der Waals surface area contributed by atoms with Gasteiger partial charge >= 0.3 is 5.97 Å². The number of cyclic esters (lactones) is 1. The van der Waals surface area contributed by atoms with Crippen LogP contribution in [0.2, 0.25) is 0 Å². The van der Waals surface area contributed by atoms with Crippen molar-refractivity contribution < 1.29 is 14.3 Å². The van der Waals surface area contributed by atoms with Gasteiger partial charge < -0.3 is 10.1 Å². The monoisotopic (exact) mass is 413 g/mol. The summed E-state index contributed by atoms with van der Waals surface area (Å²) >= 11 is 3.42. The van der Waals surface area contributed by atoms with Gasteiger partial charge in [0.05, 0.1) is 5.56 Å². The first-order valence-corrected chi connectivity index (χ1v) is 9.13. The Morgan fingerprint density at radius 1 is 1.08 bits per heavy atom. The third-order valence-corrected chi connectivity index (χ3v) is 4.44. The fourth-order valence-corrected chi connectivity index (χ4v) is 3.06. The molecular formula is C21H20BrNO3. The van der Waals surface area contributed by atoms with Gasteiger partial charge in [-0.05, 0) is 56.2 Å². The van der Waals surface area contributed by atoms with E-state index in [0.717, 1.165) is 15.6 Å². The zero-order chi connectivity index (χ0) is 18.9. The van der Waals surface area contributed by atoms with Crippen molar-refractivity contribution in [2.45, 2.75) is 32.4 Å². The van der Waals surface area contributed by atoms with Crippen LogP contribution in [-0.4, -0.2) is 23.5 Å². The molecule has 5 heteroatoms. The lowest BCUT2D eigenvalue weighted by molar-refractivity contribution is -0.128. The Kier molecular flexibility index (Phi) is 5.01. The second kappa shape index (κ2) is 7.08. The smallest absolute Gasteiger partial charge is 0.339 e. The van der Waals surface area contributed by atoms with E-state index in [4.69, 9.17) is 4.74 Å². The van der Waals surface area contributed by atoms with Gasteiger partial charge in [-0.25, -0.2) is 4.79 Å². The largest absolute Gasteiger partial charge is 0.444 e. The molecule has 1 aliphatic heterocycles. The molecule has 1 unspecified atom stereocenters. The van der Waals surface area contributed by atoms with Crippen molar-refractivity contribution in [3.05, 3.63) is 69.7 Å². The van der Waals surface area contributed by atoms with Crippen LogP contribution in [-0.2, 0) is 9.53 Å². The third kappa shape index (κ3) is 4.05. The highest BCUT2D eigenvalue weighted by atomic mass is 79.9. The minimum absolute atomic E-state index is 0.340. The first kappa shape index (κ1) is 18.4. The van der Waals surface area contributed by atoms with Gasteiger partial charge in [-0.1, -0.05) is 46.3 Å². The summed E-state index contributed by atoms with van der Waals surface area (Å²) in [5.74, 6) is -0.842. The van der Waals surface area contributed by atoms with Gasteiger partial charge in [0.15, 0.2) is 0 Å². The minimum atomic E-state index is -1.02. The highest BCUT2D eigenvalue weighted by Crippen LogP contribution is 2.30. The Hall–Kier alpha value is -2.40. The molecule has 1 N–H and O–H groups in total. The number of nitrogens with one attached hydrogen (secondary N) is 1. The molecular weight excluding hydrogens is 394 g/mol. The Labute approximate surface area is 161 Å². The van der Waals surface area contributed by atoms with Crippen LogP contribution in [0.3, 0.4) is 0 Å². The van der Waals surface area contributed by atoms with Crippen LogP contribution in [0.15, 0.2) is 53.0 Å². The molecule has 26 heavy (non-hydrogen) atoms. The van der Waals surface area contributed by atoms with Crippen LogP contribution < -0.4 is 5.32 Å². The van der Waals surface area contributed by atoms with E-state index in [0.29, 0.717) is 11.1 Å². The molecule has 0 bridgehead atoms. The lowest BCUT2D eigenvalue weighted by Gasteiger charge is -2.25. The number of rotatable bonds is 2. The summed E-state index contributed by atoms with van der Waals surface area (Å²) in [6, 6.07) is 14.8. The van der Waals surface area contributed by atoms with Crippen molar-refractivity contribution in [3.8, 4) is 0 Å². The molecule has 1 amide bonds. The molecule has 0 aliphatic carbocycles. The molecule has 0 aromatic heterocycles. The molecule has 1 atom stereocenters. The first-order chi connectivity index (χ1) is 12.2. The molecule has 134 valence electrons. The number of amides is 1. The number of esters is 1. The second-order valence-corrected chi connectivity index (χ2v) is 8.13. The summed E-state index contributed by atoms with van der Waals surface area (Å²) in [4.78, 5) is 25.4. The van der Waals surface area contributed by atoms with E-state index in [2.05, 4.69) is 21.2 Å². The van der Waals surface area contributed by atoms with Crippen LogP contribution in [0.5, 0.6) is 0 Å². The summed E-state index contributed by atoms with van der Waals surface area (Å²) in [7, 11) is 0. The standard InChI is InChI=1S/C21H20BrNO3/c1-21(2,3)23-19(24)18-17(13-8-10-15(22)11-9-13)12-14-6-4-5-7-16(14)20(25)26-18/h4-12,18H,1-3H3,(H,23,24). The second-order valence-electron chi connectivity index (χ2n) is 7.22. The molecule has 3 rings (SSSR count). The minimum Gasteiger partial charge on any atom is -0.444 e. The molecule has 1 aliphatic rings. The van der Waals surface area contributed by atoms with Gasteiger partial charge in [-0.2, -0.15) is 0 Å². The molecule has 0 saturated heterocycles. The molecule has 0 spiro atoms. The molecule has 4 nitrogen and oxygen atoms in total. The zero-order valence-corrected chi connectivity index (χ0v) is 16.5. The molecule has 2 aromatic carbocycles. The summed E-state index contributed by atoms with van der Waals surface area (Å²) in [6.07, 6.45) is 0.839. The van der Waals surface area contributed by atoms with Crippen molar-refractivity contribution in [2.75, 3.05) is 0 Å². The molecule has 0 saturated carbocycles. The predicted molar refractivity (Wildman–Crippen MR) is 106 cm³/mol. The van der Waals surface area contributed by atoms with Crippen LogP contribution in [0.4, 0.5) is 0 Å². The number of hydrogen-bond acceptors (Lipinski definition) is 3. The molecule has 0 fully saturated rings. The van der Waals surface area contributed by atoms with Gasteiger partial charge in [0.1, 0.15) is 0 Å². The highest BCUT2D eigenvalue weighted by molar-refractivity contribution is 9.10.